The van der Waals surface area contributed by atoms with Gasteiger partial charge in [-0.15, -0.1) is 0 Å². The summed E-state index contributed by atoms with van der Waals surface area (Å²) >= 11 is 4.06. The highest BCUT2D eigenvalue weighted by molar-refractivity contribution is 8.00. The van der Waals surface area contributed by atoms with Crippen LogP contribution >= 0.6 is 24.0 Å². The molecule has 0 fully saturated rings. The summed E-state index contributed by atoms with van der Waals surface area (Å²) in [5.41, 5.74) is 0.627. The van der Waals surface area contributed by atoms with Gasteiger partial charge in [-0.1, -0.05) is 12.2 Å². The Bertz CT molecular complexity index is 314. The first-order chi connectivity index (χ1) is 6.62. The summed E-state index contributed by atoms with van der Waals surface area (Å²) in [6.45, 7) is -0.310. The Hall–Kier alpha value is -0.0600. The standard InChI is InChI=1S/C5H9F3N2O2S3/c6-5(7,8)14-2-1-10-15(11,12)3-4(9)13/h10H,1-3H2,(H2,9,13). The van der Waals surface area contributed by atoms with Crippen molar-refractivity contribution < 1.29 is 21.6 Å². The van der Waals surface area contributed by atoms with Crippen molar-refractivity contribution in [1.29, 1.82) is 0 Å². The number of nitrogens with one attached hydrogen (secondary N) is 1. The number of sulfonamides is 1. The highest BCUT2D eigenvalue weighted by Crippen LogP contribution is 2.29. The Morgan fingerprint density at radius 1 is 1.47 bits per heavy atom. The van der Waals surface area contributed by atoms with Crippen LogP contribution in [0.5, 0.6) is 0 Å². The van der Waals surface area contributed by atoms with Crippen molar-refractivity contribution in [1.82, 2.24) is 4.72 Å². The predicted molar refractivity (Wildman–Crippen MR) is 57.1 cm³/mol. The summed E-state index contributed by atoms with van der Waals surface area (Å²) in [6.07, 6.45) is 0. The molecule has 0 spiro atoms. The third-order valence-corrected chi connectivity index (χ3v) is 3.42. The molecule has 0 aliphatic heterocycles. The molecule has 0 aliphatic rings. The monoisotopic (exact) mass is 282 g/mol. The van der Waals surface area contributed by atoms with E-state index in [4.69, 9.17) is 5.73 Å². The van der Waals surface area contributed by atoms with E-state index in [0.717, 1.165) is 0 Å². The second-order valence-electron chi connectivity index (χ2n) is 2.41. The average Bonchev–Trinajstić information content (AvgIpc) is 1.93. The fourth-order valence-electron chi connectivity index (χ4n) is 0.602. The number of halogens is 3. The van der Waals surface area contributed by atoms with Gasteiger partial charge in [0, 0.05) is 12.3 Å². The number of hydrogen-bond acceptors (Lipinski definition) is 4. The molecule has 0 aromatic rings. The van der Waals surface area contributed by atoms with Crippen molar-refractivity contribution in [3.63, 3.8) is 0 Å². The quantitative estimate of drug-likeness (QED) is 0.546. The molecule has 0 rings (SSSR count). The van der Waals surface area contributed by atoms with Gasteiger partial charge >= 0.3 is 5.51 Å². The predicted octanol–water partition coefficient (Wildman–Crippen LogP) is 0.445. The Labute approximate surface area is 94.8 Å². The van der Waals surface area contributed by atoms with Gasteiger partial charge in [-0.3, -0.25) is 0 Å². The maximum absolute atomic E-state index is 11.6. The molecule has 0 saturated carbocycles. The van der Waals surface area contributed by atoms with Crippen molar-refractivity contribution in [3.05, 3.63) is 0 Å². The Balaban J connectivity index is 3.82. The fraction of sp³-hybridized carbons (Fsp3) is 0.800. The molecule has 0 saturated heterocycles. The summed E-state index contributed by atoms with van der Waals surface area (Å²) in [5.74, 6) is -0.945. The third-order valence-electron chi connectivity index (χ3n) is 1.02. The van der Waals surface area contributed by atoms with Crippen LogP contribution in [0.25, 0.3) is 0 Å². The van der Waals surface area contributed by atoms with Crippen LogP contribution in [0.1, 0.15) is 0 Å². The van der Waals surface area contributed by atoms with Crippen LogP contribution < -0.4 is 10.5 Å². The van der Waals surface area contributed by atoms with Crippen LogP contribution in [0.4, 0.5) is 13.2 Å². The van der Waals surface area contributed by atoms with E-state index in [1.54, 1.807) is 0 Å². The zero-order chi connectivity index (χ0) is 12.1. The van der Waals surface area contributed by atoms with E-state index in [0.29, 0.717) is 0 Å². The van der Waals surface area contributed by atoms with Gasteiger partial charge in [0.1, 0.15) is 5.75 Å². The number of thioether (sulfide) groups is 1. The van der Waals surface area contributed by atoms with Gasteiger partial charge in [-0.25, -0.2) is 13.1 Å². The maximum atomic E-state index is 11.6. The van der Waals surface area contributed by atoms with E-state index in [2.05, 4.69) is 12.2 Å². The molecular weight excluding hydrogens is 273 g/mol. The molecule has 90 valence electrons. The topological polar surface area (TPSA) is 72.2 Å². The fourth-order valence-corrected chi connectivity index (χ4v) is 2.52. The van der Waals surface area contributed by atoms with E-state index >= 15 is 0 Å². The highest BCUT2D eigenvalue weighted by Gasteiger charge is 2.27. The zero-order valence-corrected chi connectivity index (χ0v) is 9.82. The molecule has 0 unspecified atom stereocenters. The molecule has 0 aromatic heterocycles. The summed E-state index contributed by atoms with van der Waals surface area (Å²) in [4.78, 5) is -0.231. The van der Waals surface area contributed by atoms with Gasteiger partial charge in [-0.2, -0.15) is 13.2 Å². The summed E-state index contributed by atoms with van der Waals surface area (Å²) in [5, 5.41) is 0. The van der Waals surface area contributed by atoms with Crippen LogP contribution in [-0.4, -0.2) is 37.0 Å². The largest absolute Gasteiger partial charge is 0.441 e. The van der Waals surface area contributed by atoms with E-state index in [-0.39, 0.29) is 29.0 Å². The van der Waals surface area contributed by atoms with Crippen LogP contribution in [0.15, 0.2) is 0 Å². The zero-order valence-electron chi connectivity index (χ0n) is 7.37. The van der Waals surface area contributed by atoms with Crippen LogP contribution in [0.2, 0.25) is 0 Å². The second-order valence-corrected chi connectivity index (χ2v) is 5.90. The third kappa shape index (κ3) is 10.2. The molecule has 15 heavy (non-hydrogen) atoms. The van der Waals surface area contributed by atoms with Crippen molar-refractivity contribution >= 4 is 39.0 Å². The van der Waals surface area contributed by atoms with E-state index in [9.17, 15) is 21.6 Å². The average molecular weight is 282 g/mol. The molecule has 0 radical (unpaired) electrons. The minimum absolute atomic E-state index is 0.231. The highest BCUT2D eigenvalue weighted by atomic mass is 32.2. The van der Waals surface area contributed by atoms with Gasteiger partial charge in [0.2, 0.25) is 10.0 Å². The number of thiocarbonyl (C=S) groups is 1. The molecule has 0 aliphatic carbocycles. The van der Waals surface area contributed by atoms with Gasteiger partial charge in [0.25, 0.3) is 0 Å². The maximum Gasteiger partial charge on any atom is 0.441 e. The van der Waals surface area contributed by atoms with Crippen molar-refractivity contribution in [2.75, 3.05) is 18.1 Å². The Kier molecular flexibility index (Phi) is 5.85. The van der Waals surface area contributed by atoms with Gasteiger partial charge in [0.05, 0.1) is 4.99 Å². The molecule has 0 heterocycles. The Morgan fingerprint density at radius 3 is 2.40 bits per heavy atom. The van der Waals surface area contributed by atoms with Gasteiger partial charge < -0.3 is 5.73 Å². The van der Waals surface area contributed by atoms with Crippen molar-refractivity contribution in [2.24, 2.45) is 5.73 Å². The van der Waals surface area contributed by atoms with Crippen LogP contribution in [0, 0.1) is 0 Å². The first kappa shape index (κ1) is 14.9. The number of nitrogens with two attached hydrogens (primary N) is 1. The number of hydrogen-bond donors (Lipinski definition) is 2. The molecule has 3 N–H and O–H groups in total. The second kappa shape index (κ2) is 5.87. The molecule has 10 heteroatoms. The van der Waals surface area contributed by atoms with E-state index in [1.165, 1.54) is 0 Å². The van der Waals surface area contributed by atoms with E-state index in [1.807, 2.05) is 4.72 Å². The minimum atomic E-state index is -4.35. The first-order valence-corrected chi connectivity index (χ1v) is 6.63. The lowest BCUT2D eigenvalue weighted by atomic mass is 10.8. The van der Waals surface area contributed by atoms with Gasteiger partial charge in [0.15, 0.2) is 0 Å². The lowest BCUT2D eigenvalue weighted by molar-refractivity contribution is -0.0327. The molecule has 0 amide bonds. The van der Waals surface area contributed by atoms with Crippen LogP contribution in [-0.2, 0) is 10.0 Å². The summed E-state index contributed by atoms with van der Waals surface area (Å²) in [7, 11) is -3.70. The first-order valence-electron chi connectivity index (χ1n) is 3.59. The van der Waals surface area contributed by atoms with Crippen molar-refractivity contribution in [3.8, 4) is 0 Å². The smallest absolute Gasteiger partial charge is 0.392 e. The lowest BCUT2D eigenvalue weighted by Crippen LogP contribution is -2.33. The number of alkyl halides is 3. The lowest BCUT2D eigenvalue weighted by Gasteiger charge is -2.07. The molecule has 0 atom stereocenters. The Morgan fingerprint density at radius 2 is 2.00 bits per heavy atom. The van der Waals surface area contributed by atoms with Crippen molar-refractivity contribution in [2.45, 2.75) is 5.51 Å². The number of rotatable bonds is 6. The summed E-state index contributed by atoms with van der Waals surface area (Å²) < 4.78 is 58.8. The minimum Gasteiger partial charge on any atom is -0.392 e. The summed E-state index contributed by atoms with van der Waals surface area (Å²) in [6, 6.07) is 0. The molecule has 0 aromatic carbocycles. The normalized spacial score (nSPS) is 12.7. The van der Waals surface area contributed by atoms with Crippen LogP contribution in [0.3, 0.4) is 0 Å². The molecule has 4 nitrogen and oxygen atoms in total. The van der Waals surface area contributed by atoms with E-state index < -0.39 is 21.3 Å². The molecular formula is C5H9F3N2O2S3. The SMILES string of the molecule is NC(=S)CS(=O)(=O)NCCSC(F)(F)F. The molecule has 0 bridgehead atoms. The van der Waals surface area contributed by atoms with Gasteiger partial charge in [-0.05, 0) is 11.8 Å².